The largest absolute Gasteiger partial charge is 0.370 e. The zero-order chi connectivity index (χ0) is 16.6. The van der Waals surface area contributed by atoms with E-state index in [1.165, 1.54) is 12.3 Å². The number of carbonyl (C=O) groups excluding carboxylic acids is 1. The van der Waals surface area contributed by atoms with Gasteiger partial charge < -0.3 is 9.69 Å². The average molecular weight is 315 g/mol. The second kappa shape index (κ2) is 5.92. The van der Waals surface area contributed by atoms with E-state index in [1.807, 2.05) is 11.8 Å². The van der Waals surface area contributed by atoms with Gasteiger partial charge in [-0.25, -0.2) is 8.78 Å². The van der Waals surface area contributed by atoms with Gasteiger partial charge in [-0.1, -0.05) is 6.92 Å². The lowest BCUT2D eigenvalue weighted by Gasteiger charge is -2.37. The van der Waals surface area contributed by atoms with Gasteiger partial charge in [0.2, 0.25) is 0 Å². The summed E-state index contributed by atoms with van der Waals surface area (Å²) in [6.07, 6.45) is 2.91. The number of benzene rings is 1. The maximum Gasteiger partial charge on any atom is 0.185 e. The predicted octanol–water partition coefficient (Wildman–Crippen LogP) is 3.05. The Kier molecular flexibility index (Phi) is 3.95. The fourth-order valence-corrected chi connectivity index (χ4v) is 3.18. The second-order valence-electron chi connectivity index (χ2n) is 5.90. The molecule has 2 aromatic rings. The van der Waals surface area contributed by atoms with Crippen LogP contribution in [0.1, 0.15) is 18.9 Å². The number of aromatic nitrogens is 1. The molecule has 1 aromatic carbocycles. The molecule has 2 atom stereocenters. The normalized spacial score (nSPS) is 21.2. The predicted molar refractivity (Wildman–Crippen MR) is 81.9 cm³/mol. The van der Waals surface area contributed by atoms with Gasteiger partial charge >= 0.3 is 0 Å². The molecule has 118 valence electrons. The number of hydrogen-bond acceptors (Lipinski definition) is 4. The molecule has 23 heavy (non-hydrogen) atoms. The van der Waals surface area contributed by atoms with Gasteiger partial charge in [-0.2, -0.15) is 5.26 Å². The van der Waals surface area contributed by atoms with Gasteiger partial charge in [0.05, 0.1) is 11.3 Å². The Hall–Kier alpha value is -2.55. The van der Waals surface area contributed by atoms with Gasteiger partial charge in [-0.05, 0) is 24.5 Å². The number of halogens is 2. The number of hydrogen-bond donors (Lipinski definition) is 0. The number of anilines is 1. The number of piperidine rings is 1. The Labute approximate surface area is 132 Å². The Balaban J connectivity index is 2.14. The molecule has 0 spiro atoms. The maximum absolute atomic E-state index is 14.0. The van der Waals surface area contributed by atoms with Gasteiger partial charge in [0, 0.05) is 30.6 Å². The van der Waals surface area contributed by atoms with Crippen molar-refractivity contribution in [3.63, 3.8) is 0 Å². The third-order valence-electron chi connectivity index (χ3n) is 4.49. The van der Waals surface area contributed by atoms with Gasteiger partial charge in [-0.3, -0.25) is 4.98 Å². The van der Waals surface area contributed by atoms with E-state index in [2.05, 4.69) is 11.1 Å². The quantitative estimate of drug-likeness (QED) is 0.799. The van der Waals surface area contributed by atoms with Crippen molar-refractivity contribution in [3.05, 3.63) is 35.5 Å². The Bertz CT molecular complexity index is 816. The van der Waals surface area contributed by atoms with E-state index < -0.39 is 11.6 Å². The molecule has 4 nitrogen and oxygen atoms in total. The molecule has 0 aliphatic carbocycles. The van der Waals surface area contributed by atoms with E-state index in [9.17, 15) is 18.8 Å². The van der Waals surface area contributed by atoms with Crippen LogP contribution in [0.15, 0.2) is 18.3 Å². The van der Waals surface area contributed by atoms with E-state index >= 15 is 0 Å². The third kappa shape index (κ3) is 2.52. The van der Waals surface area contributed by atoms with Crippen LogP contribution in [0.25, 0.3) is 10.9 Å². The molecule has 1 fully saturated rings. The number of rotatable bonds is 2. The van der Waals surface area contributed by atoms with Gasteiger partial charge in [0.25, 0.3) is 0 Å². The molecule has 0 radical (unpaired) electrons. The van der Waals surface area contributed by atoms with E-state index in [0.29, 0.717) is 36.1 Å². The summed E-state index contributed by atoms with van der Waals surface area (Å²) in [5.41, 5.74) is 0.803. The summed E-state index contributed by atoms with van der Waals surface area (Å²) in [6.45, 7) is 3.14. The lowest BCUT2D eigenvalue weighted by Crippen LogP contribution is -2.40. The average Bonchev–Trinajstić information content (AvgIpc) is 2.57. The minimum absolute atomic E-state index is 0.0148. The van der Waals surface area contributed by atoms with Gasteiger partial charge in [0.1, 0.15) is 17.9 Å². The number of nitriles is 1. The molecule has 2 unspecified atom stereocenters. The molecule has 0 amide bonds. The number of carbonyl (C=O) groups is 1. The monoisotopic (exact) mass is 315 g/mol. The fourth-order valence-electron chi connectivity index (χ4n) is 3.18. The summed E-state index contributed by atoms with van der Waals surface area (Å²) in [7, 11) is 0. The molecule has 0 bridgehead atoms. The highest BCUT2D eigenvalue weighted by atomic mass is 19.2. The van der Waals surface area contributed by atoms with Crippen molar-refractivity contribution in [3.8, 4) is 6.07 Å². The van der Waals surface area contributed by atoms with Crippen molar-refractivity contribution < 1.29 is 13.6 Å². The summed E-state index contributed by atoms with van der Waals surface area (Å²) in [6, 6.07) is 4.57. The first kappa shape index (κ1) is 15.3. The molecule has 0 saturated carbocycles. The number of fused-ring (bicyclic) bond motifs is 1. The molecule has 1 saturated heterocycles. The van der Waals surface area contributed by atoms with Crippen LogP contribution in [-0.2, 0) is 4.79 Å². The fraction of sp³-hybridized carbons (Fsp3) is 0.353. The van der Waals surface area contributed by atoms with Crippen molar-refractivity contribution in [2.24, 2.45) is 11.8 Å². The first-order valence-corrected chi connectivity index (χ1v) is 7.44. The maximum atomic E-state index is 14.0. The first-order valence-electron chi connectivity index (χ1n) is 7.44. The van der Waals surface area contributed by atoms with Crippen molar-refractivity contribution >= 4 is 22.9 Å². The highest BCUT2D eigenvalue weighted by Gasteiger charge is 2.28. The Morgan fingerprint density at radius 2 is 2.22 bits per heavy atom. The Morgan fingerprint density at radius 1 is 1.43 bits per heavy atom. The topological polar surface area (TPSA) is 57.0 Å². The second-order valence-corrected chi connectivity index (χ2v) is 5.90. The molecular formula is C17H15F2N3O. The van der Waals surface area contributed by atoms with Crippen LogP contribution in [0.2, 0.25) is 0 Å². The number of pyridine rings is 1. The smallest absolute Gasteiger partial charge is 0.185 e. The van der Waals surface area contributed by atoms with Crippen molar-refractivity contribution in [1.29, 1.82) is 5.26 Å². The molecule has 1 aliphatic rings. The highest BCUT2D eigenvalue weighted by molar-refractivity contribution is 5.95. The minimum Gasteiger partial charge on any atom is -0.370 e. The third-order valence-corrected chi connectivity index (χ3v) is 4.49. The molecule has 3 rings (SSSR count). The number of nitrogens with zero attached hydrogens (tertiary/aromatic N) is 3. The van der Waals surface area contributed by atoms with Crippen LogP contribution in [0.3, 0.4) is 0 Å². The van der Waals surface area contributed by atoms with Crippen molar-refractivity contribution in [2.75, 3.05) is 18.0 Å². The van der Waals surface area contributed by atoms with Crippen molar-refractivity contribution in [2.45, 2.75) is 13.3 Å². The van der Waals surface area contributed by atoms with E-state index in [1.54, 1.807) is 0 Å². The molecular weight excluding hydrogens is 300 g/mol. The Morgan fingerprint density at radius 3 is 2.87 bits per heavy atom. The van der Waals surface area contributed by atoms with E-state index in [0.717, 1.165) is 12.4 Å². The van der Waals surface area contributed by atoms with Crippen LogP contribution in [0.4, 0.5) is 14.5 Å². The summed E-state index contributed by atoms with van der Waals surface area (Å²) < 4.78 is 27.4. The minimum atomic E-state index is -1.01. The van der Waals surface area contributed by atoms with E-state index in [-0.39, 0.29) is 17.4 Å². The summed E-state index contributed by atoms with van der Waals surface area (Å²) in [5, 5.41) is 9.77. The highest BCUT2D eigenvalue weighted by Crippen LogP contribution is 2.34. The van der Waals surface area contributed by atoms with E-state index in [4.69, 9.17) is 0 Å². The number of aldehydes is 1. The molecule has 6 heteroatoms. The summed E-state index contributed by atoms with van der Waals surface area (Å²) in [5.74, 6) is -1.86. The molecule has 2 heterocycles. The lowest BCUT2D eigenvalue weighted by molar-refractivity contribution is -0.112. The van der Waals surface area contributed by atoms with Crippen LogP contribution in [0, 0.1) is 34.8 Å². The summed E-state index contributed by atoms with van der Waals surface area (Å²) in [4.78, 5) is 16.9. The molecule has 1 aromatic heterocycles. The van der Waals surface area contributed by atoms with Gasteiger partial charge in [-0.15, -0.1) is 0 Å². The zero-order valence-corrected chi connectivity index (χ0v) is 12.6. The summed E-state index contributed by atoms with van der Waals surface area (Å²) >= 11 is 0. The standard InChI is InChI=1S/C17H15F2N3O/c1-10-8-22(5-4-11(10)9-23)17-12(6-20)7-21-16-13(17)2-3-14(18)15(16)19/h2-3,7,9-11H,4-5,8H2,1H3. The van der Waals surface area contributed by atoms with Crippen LogP contribution in [0.5, 0.6) is 0 Å². The van der Waals surface area contributed by atoms with Crippen LogP contribution in [-0.4, -0.2) is 24.4 Å². The molecule has 0 N–H and O–H groups in total. The first-order chi connectivity index (χ1) is 11.1. The molecule has 1 aliphatic heterocycles. The lowest BCUT2D eigenvalue weighted by atomic mass is 9.87. The van der Waals surface area contributed by atoms with Crippen LogP contribution < -0.4 is 4.90 Å². The van der Waals surface area contributed by atoms with Crippen LogP contribution >= 0.6 is 0 Å². The van der Waals surface area contributed by atoms with Gasteiger partial charge in [0.15, 0.2) is 11.6 Å². The zero-order valence-electron chi connectivity index (χ0n) is 12.6. The SMILES string of the molecule is CC1CN(c2c(C#N)cnc3c(F)c(F)ccc23)CCC1C=O. The van der Waals surface area contributed by atoms with Crippen molar-refractivity contribution in [1.82, 2.24) is 4.98 Å².